The molecule has 0 saturated heterocycles. The number of likely N-dealkylation sites (N-methyl/N-ethyl adjacent to an activating group) is 1. The second kappa shape index (κ2) is 10.8. The van der Waals surface area contributed by atoms with E-state index in [0.717, 1.165) is 34.7 Å². The highest BCUT2D eigenvalue weighted by molar-refractivity contribution is 6.30. The molecule has 6 heteroatoms. The molecule has 150 valence electrons. The van der Waals surface area contributed by atoms with E-state index >= 15 is 0 Å². The molecule has 0 aliphatic rings. The molecular weight excluding hydrogens is 374 g/mol. The molecule has 0 aliphatic heterocycles. The molecule has 2 rings (SSSR count). The maximum Gasteiger partial charge on any atom is 0.279 e. The predicted octanol–water partition coefficient (Wildman–Crippen LogP) is 2.54. The van der Waals surface area contributed by atoms with Crippen LogP contribution in [0.2, 0.25) is 5.02 Å². The first-order valence-electron chi connectivity index (χ1n) is 9.56. The minimum absolute atomic E-state index is 0.0158. The molecular formula is C22H29ClN3O2+. The quantitative estimate of drug-likeness (QED) is 0.677. The normalized spacial score (nSPS) is 11.7. The summed E-state index contributed by atoms with van der Waals surface area (Å²) < 4.78 is 0. The van der Waals surface area contributed by atoms with Crippen LogP contribution in [-0.4, -0.2) is 43.4 Å². The van der Waals surface area contributed by atoms with Gasteiger partial charge in [0.05, 0.1) is 6.54 Å². The molecule has 5 nitrogen and oxygen atoms in total. The maximum absolute atomic E-state index is 12.6. The number of carbonyl (C=O) groups excluding carboxylic acids is 2. The van der Waals surface area contributed by atoms with Gasteiger partial charge in [-0.3, -0.25) is 9.59 Å². The van der Waals surface area contributed by atoms with Gasteiger partial charge in [0, 0.05) is 24.3 Å². The molecule has 0 bridgehead atoms. The zero-order valence-corrected chi connectivity index (χ0v) is 17.6. The largest absolute Gasteiger partial charge is 0.337 e. The molecule has 2 amide bonds. The monoisotopic (exact) mass is 402 g/mol. The Kier molecular flexibility index (Phi) is 8.48. The van der Waals surface area contributed by atoms with E-state index in [0.29, 0.717) is 18.1 Å². The molecule has 28 heavy (non-hydrogen) atoms. The number of anilines is 1. The minimum atomic E-state index is -0.0779. The first-order chi connectivity index (χ1) is 13.4. The lowest BCUT2D eigenvalue weighted by atomic mass is 10.2. The standard InChI is InChI=1S/C22H28ClN3O2/c1-4-13-26(15-21(27)24-20-8-6-5-7-17(20)2)16-22(28)25(3)14-18-9-11-19(23)12-10-18/h5-12H,4,13-16H2,1-3H3,(H,24,27)/p+1. The van der Waals surface area contributed by atoms with E-state index < -0.39 is 0 Å². The number of para-hydroxylation sites is 1. The maximum atomic E-state index is 12.6. The van der Waals surface area contributed by atoms with Crippen molar-refractivity contribution >= 4 is 29.1 Å². The number of quaternary nitrogens is 1. The number of hydrogen-bond acceptors (Lipinski definition) is 2. The second-order valence-corrected chi connectivity index (χ2v) is 7.53. The Labute approximate surface area is 172 Å². The summed E-state index contributed by atoms with van der Waals surface area (Å²) in [6.07, 6.45) is 0.904. The molecule has 1 atom stereocenters. The number of hydrogen-bond donors (Lipinski definition) is 2. The average molecular weight is 403 g/mol. The van der Waals surface area contributed by atoms with Crippen molar-refractivity contribution in [2.45, 2.75) is 26.8 Å². The van der Waals surface area contributed by atoms with E-state index in [1.807, 2.05) is 55.5 Å². The van der Waals surface area contributed by atoms with E-state index in [-0.39, 0.29) is 18.4 Å². The number of halogens is 1. The molecule has 0 aliphatic carbocycles. The van der Waals surface area contributed by atoms with Crippen LogP contribution in [0.15, 0.2) is 48.5 Å². The van der Waals surface area contributed by atoms with Gasteiger partial charge in [-0.1, -0.05) is 48.9 Å². The van der Waals surface area contributed by atoms with Gasteiger partial charge in [0.15, 0.2) is 13.1 Å². The number of benzene rings is 2. The molecule has 2 aromatic carbocycles. The zero-order valence-electron chi connectivity index (χ0n) is 16.8. The van der Waals surface area contributed by atoms with E-state index in [1.165, 1.54) is 0 Å². The van der Waals surface area contributed by atoms with Crippen LogP contribution in [0.4, 0.5) is 5.69 Å². The number of rotatable bonds is 9. The summed E-state index contributed by atoms with van der Waals surface area (Å²) in [5.41, 5.74) is 2.86. The topological polar surface area (TPSA) is 53.9 Å². The van der Waals surface area contributed by atoms with Crippen molar-refractivity contribution in [3.63, 3.8) is 0 Å². The SMILES string of the molecule is CCC[NH+](CC(=O)Nc1ccccc1C)CC(=O)N(C)Cc1ccc(Cl)cc1. The van der Waals surface area contributed by atoms with E-state index in [2.05, 4.69) is 12.2 Å². The summed E-state index contributed by atoms with van der Waals surface area (Å²) in [5.74, 6) is -0.0620. The Morgan fingerprint density at radius 1 is 1.07 bits per heavy atom. The molecule has 2 N–H and O–H groups in total. The number of amides is 2. The molecule has 2 aromatic rings. The van der Waals surface area contributed by atoms with Crippen molar-refractivity contribution in [2.24, 2.45) is 0 Å². The lowest BCUT2D eigenvalue weighted by Crippen LogP contribution is -3.14. The van der Waals surface area contributed by atoms with Gasteiger partial charge in [-0.2, -0.15) is 0 Å². The number of nitrogens with zero attached hydrogens (tertiary/aromatic N) is 1. The molecule has 0 fully saturated rings. The summed E-state index contributed by atoms with van der Waals surface area (Å²) in [5, 5.41) is 3.63. The van der Waals surface area contributed by atoms with Crippen LogP contribution in [0.5, 0.6) is 0 Å². The first kappa shape index (κ1) is 21.9. The van der Waals surface area contributed by atoms with E-state index in [9.17, 15) is 9.59 Å². The highest BCUT2D eigenvalue weighted by Crippen LogP contribution is 2.12. The number of nitrogens with one attached hydrogen (secondary N) is 2. The summed E-state index contributed by atoms with van der Waals surface area (Å²) >= 11 is 5.91. The summed E-state index contributed by atoms with van der Waals surface area (Å²) in [4.78, 5) is 27.7. The van der Waals surface area contributed by atoms with Crippen LogP contribution >= 0.6 is 11.6 Å². The van der Waals surface area contributed by atoms with Crippen LogP contribution in [0.3, 0.4) is 0 Å². The van der Waals surface area contributed by atoms with Crippen LogP contribution in [-0.2, 0) is 16.1 Å². The van der Waals surface area contributed by atoms with Crippen LogP contribution in [0, 0.1) is 6.92 Å². The van der Waals surface area contributed by atoms with E-state index in [4.69, 9.17) is 11.6 Å². The Morgan fingerprint density at radius 2 is 1.75 bits per heavy atom. The van der Waals surface area contributed by atoms with Crippen molar-refractivity contribution in [1.29, 1.82) is 0 Å². The fourth-order valence-electron chi connectivity index (χ4n) is 3.03. The van der Waals surface area contributed by atoms with Gasteiger partial charge in [-0.25, -0.2) is 0 Å². The smallest absolute Gasteiger partial charge is 0.279 e. The van der Waals surface area contributed by atoms with Gasteiger partial charge in [0.2, 0.25) is 0 Å². The molecule has 0 heterocycles. The first-order valence-corrected chi connectivity index (χ1v) is 9.94. The van der Waals surface area contributed by atoms with Crippen LogP contribution in [0.25, 0.3) is 0 Å². The fraction of sp³-hybridized carbons (Fsp3) is 0.364. The predicted molar refractivity (Wildman–Crippen MR) is 114 cm³/mol. The summed E-state index contributed by atoms with van der Waals surface area (Å²) in [6.45, 7) is 5.86. The Bertz CT molecular complexity index is 793. The molecule has 0 radical (unpaired) electrons. The zero-order chi connectivity index (χ0) is 20.5. The highest BCUT2D eigenvalue weighted by Gasteiger charge is 2.20. The van der Waals surface area contributed by atoms with E-state index in [1.54, 1.807) is 11.9 Å². The van der Waals surface area contributed by atoms with Crippen molar-refractivity contribution in [2.75, 3.05) is 32.0 Å². The average Bonchev–Trinajstić information content (AvgIpc) is 2.65. The van der Waals surface area contributed by atoms with Gasteiger partial charge in [-0.05, 0) is 42.7 Å². The lowest BCUT2D eigenvalue weighted by molar-refractivity contribution is -0.883. The highest BCUT2D eigenvalue weighted by atomic mass is 35.5. The Hall–Kier alpha value is -2.37. The van der Waals surface area contributed by atoms with Crippen LogP contribution < -0.4 is 10.2 Å². The lowest BCUT2D eigenvalue weighted by Gasteiger charge is -2.22. The molecule has 0 saturated carbocycles. The van der Waals surface area contributed by atoms with Gasteiger partial charge in [-0.15, -0.1) is 0 Å². The Balaban J connectivity index is 1.91. The van der Waals surface area contributed by atoms with Crippen molar-refractivity contribution in [3.05, 3.63) is 64.7 Å². The third-order valence-electron chi connectivity index (χ3n) is 4.59. The van der Waals surface area contributed by atoms with Crippen molar-refractivity contribution in [3.8, 4) is 0 Å². The van der Waals surface area contributed by atoms with Crippen molar-refractivity contribution < 1.29 is 14.5 Å². The molecule has 0 spiro atoms. The summed E-state index contributed by atoms with van der Waals surface area (Å²) in [7, 11) is 1.79. The molecule has 1 unspecified atom stereocenters. The number of aryl methyl sites for hydroxylation is 1. The van der Waals surface area contributed by atoms with Gasteiger partial charge >= 0.3 is 0 Å². The van der Waals surface area contributed by atoms with Gasteiger partial charge < -0.3 is 15.1 Å². The third-order valence-corrected chi connectivity index (χ3v) is 4.85. The summed E-state index contributed by atoms with van der Waals surface area (Å²) in [6, 6.07) is 15.2. The third kappa shape index (κ3) is 6.98. The minimum Gasteiger partial charge on any atom is -0.337 e. The fourth-order valence-corrected chi connectivity index (χ4v) is 3.15. The second-order valence-electron chi connectivity index (χ2n) is 7.09. The van der Waals surface area contributed by atoms with Gasteiger partial charge in [0.1, 0.15) is 0 Å². The molecule has 0 aromatic heterocycles. The number of carbonyl (C=O) groups is 2. The van der Waals surface area contributed by atoms with Crippen LogP contribution in [0.1, 0.15) is 24.5 Å². The van der Waals surface area contributed by atoms with Crippen molar-refractivity contribution in [1.82, 2.24) is 4.90 Å². The Morgan fingerprint density at radius 3 is 2.39 bits per heavy atom. The van der Waals surface area contributed by atoms with Gasteiger partial charge in [0.25, 0.3) is 11.8 Å².